The summed E-state index contributed by atoms with van der Waals surface area (Å²) in [5.41, 5.74) is 7.00. The third kappa shape index (κ3) is 1.72. The third-order valence-corrected chi connectivity index (χ3v) is 2.84. The summed E-state index contributed by atoms with van der Waals surface area (Å²) in [5, 5.41) is 0. The Bertz CT molecular complexity index is 352. The zero-order chi connectivity index (χ0) is 10.8. The van der Waals surface area contributed by atoms with Crippen molar-refractivity contribution in [3.05, 3.63) is 30.1 Å². The van der Waals surface area contributed by atoms with Crippen LogP contribution in [0.5, 0.6) is 0 Å². The zero-order valence-corrected chi connectivity index (χ0v) is 8.76. The lowest BCUT2D eigenvalue weighted by atomic mass is 10.0. The van der Waals surface area contributed by atoms with E-state index in [-0.39, 0.29) is 18.0 Å². The SMILES string of the molecule is CCN1C(=O)CC(N)C1c1cccnc1. The number of amides is 1. The fourth-order valence-corrected chi connectivity index (χ4v) is 2.17. The van der Waals surface area contributed by atoms with Crippen LogP contribution < -0.4 is 5.73 Å². The van der Waals surface area contributed by atoms with E-state index in [1.807, 2.05) is 24.0 Å². The number of hydrogen-bond acceptors (Lipinski definition) is 3. The molecule has 1 aliphatic rings. The average molecular weight is 205 g/mol. The molecule has 1 saturated heterocycles. The van der Waals surface area contributed by atoms with Crippen LogP contribution in [-0.2, 0) is 4.79 Å². The topological polar surface area (TPSA) is 59.2 Å². The smallest absolute Gasteiger partial charge is 0.224 e. The molecule has 2 N–H and O–H groups in total. The van der Waals surface area contributed by atoms with Crippen LogP contribution in [0.25, 0.3) is 0 Å². The van der Waals surface area contributed by atoms with Crippen LogP contribution >= 0.6 is 0 Å². The summed E-state index contributed by atoms with van der Waals surface area (Å²) in [4.78, 5) is 17.5. The Morgan fingerprint density at radius 1 is 1.67 bits per heavy atom. The number of likely N-dealkylation sites (N-methyl/N-ethyl adjacent to an activating group) is 1. The Morgan fingerprint density at radius 3 is 3.07 bits per heavy atom. The number of pyridine rings is 1. The lowest BCUT2D eigenvalue weighted by molar-refractivity contribution is -0.128. The molecule has 0 spiro atoms. The quantitative estimate of drug-likeness (QED) is 0.773. The molecule has 2 rings (SSSR count). The van der Waals surface area contributed by atoms with Crippen molar-refractivity contribution in [3.63, 3.8) is 0 Å². The molecule has 1 aliphatic heterocycles. The van der Waals surface area contributed by atoms with Gasteiger partial charge in [-0.15, -0.1) is 0 Å². The van der Waals surface area contributed by atoms with Gasteiger partial charge in [-0.3, -0.25) is 9.78 Å². The minimum absolute atomic E-state index is 0.00352. The van der Waals surface area contributed by atoms with Crippen LogP contribution in [0, 0.1) is 0 Å². The maximum Gasteiger partial charge on any atom is 0.224 e. The summed E-state index contributed by atoms with van der Waals surface area (Å²) in [7, 11) is 0. The number of nitrogens with two attached hydrogens (primary N) is 1. The van der Waals surface area contributed by atoms with E-state index in [1.165, 1.54) is 0 Å². The maximum atomic E-state index is 11.6. The summed E-state index contributed by atoms with van der Waals surface area (Å²) in [6.07, 6.45) is 3.95. The molecule has 2 atom stereocenters. The first-order valence-corrected chi connectivity index (χ1v) is 5.19. The molecular weight excluding hydrogens is 190 g/mol. The second-order valence-corrected chi connectivity index (χ2v) is 3.78. The van der Waals surface area contributed by atoms with Crippen molar-refractivity contribution in [2.45, 2.75) is 25.4 Å². The molecule has 0 saturated carbocycles. The van der Waals surface area contributed by atoms with E-state index >= 15 is 0 Å². The molecule has 4 nitrogen and oxygen atoms in total. The molecule has 0 aliphatic carbocycles. The molecule has 4 heteroatoms. The molecule has 0 radical (unpaired) electrons. The highest BCUT2D eigenvalue weighted by atomic mass is 16.2. The summed E-state index contributed by atoms with van der Waals surface area (Å²) in [5.74, 6) is 0.138. The average Bonchev–Trinajstić information content (AvgIpc) is 2.54. The zero-order valence-electron chi connectivity index (χ0n) is 8.76. The second kappa shape index (κ2) is 3.98. The Morgan fingerprint density at radius 2 is 2.47 bits per heavy atom. The minimum atomic E-state index is -0.110. The van der Waals surface area contributed by atoms with E-state index in [2.05, 4.69) is 4.98 Å². The molecule has 15 heavy (non-hydrogen) atoms. The number of rotatable bonds is 2. The first-order valence-electron chi connectivity index (χ1n) is 5.19. The molecule has 80 valence electrons. The van der Waals surface area contributed by atoms with Crippen LogP contribution in [0.3, 0.4) is 0 Å². The van der Waals surface area contributed by atoms with Gasteiger partial charge in [0.15, 0.2) is 0 Å². The summed E-state index contributed by atoms with van der Waals surface area (Å²) in [6.45, 7) is 2.67. The van der Waals surface area contributed by atoms with Crippen molar-refractivity contribution < 1.29 is 4.79 Å². The number of nitrogens with zero attached hydrogens (tertiary/aromatic N) is 2. The van der Waals surface area contributed by atoms with Gasteiger partial charge in [-0.2, -0.15) is 0 Å². The van der Waals surface area contributed by atoms with Crippen molar-refractivity contribution >= 4 is 5.91 Å². The van der Waals surface area contributed by atoms with E-state index in [0.717, 1.165) is 5.56 Å². The predicted molar refractivity (Wildman–Crippen MR) is 57.0 cm³/mol. The lowest BCUT2D eigenvalue weighted by Gasteiger charge is -2.25. The highest BCUT2D eigenvalue weighted by Gasteiger charge is 2.37. The first kappa shape index (κ1) is 10.1. The van der Waals surface area contributed by atoms with Gasteiger partial charge in [-0.1, -0.05) is 6.07 Å². The van der Waals surface area contributed by atoms with Gasteiger partial charge in [0.2, 0.25) is 5.91 Å². The molecular formula is C11H15N3O. The molecule has 2 unspecified atom stereocenters. The minimum Gasteiger partial charge on any atom is -0.334 e. The van der Waals surface area contributed by atoms with Crippen LogP contribution in [0.4, 0.5) is 0 Å². The van der Waals surface area contributed by atoms with Gasteiger partial charge in [0.1, 0.15) is 0 Å². The van der Waals surface area contributed by atoms with Crippen molar-refractivity contribution in [2.24, 2.45) is 5.73 Å². The van der Waals surface area contributed by atoms with Gasteiger partial charge in [0, 0.05) is 31.4 Å². The number of likely N-dealkylation sites (tertiary alicyclic amines) is 1. The second-order valence-electron chi connectivity index (χ2n) is 3.78. The highest BCUT2D eigenvalue weighted by Crippen LogP contribution is 2.30. The Labute approximate surface area is 89.1 Å². The van der Waals surface area contributed by atoms with Crippen LogP contribution in [0.1, 0.15) is 24.9 Å². The highest BCUT2D eigenvalue weighted by molar-refractivity contribution is 5.80. The maximum absolute atomic E-state index is 11.6. The van der Waals surface area contributed by atoms with Crippen molar-refractivity contribution in [3.8, 4) is 0 Å². The standard InChI is InChI=1S/C11H15N3O/c1-2-14-10(15)6-9(12)11(14)8-4-3-5-13-7-8/h3-5,7,9,11H,2,6,12H2,1H3. The van der Waals surface area contributed by atoms with Crippen molar-refractivity contribution in [1.82, 2.24) is 9.88 Å². The predicted octanol–water partition coefficient (Wildman–Crippen LogP) is 0.702. The van der Waals surface area contributed by atoms with Crippen LogP contribution in [0.15, 0.2) is 24.5 Å². The first-order chi connectivity index (χ1) is 7.24. The number of carbonyl (C=O) groups excluding carboxylic acids is 1. The number of carbonyl (C=O) groups is 1. The normalized spacial score (nSPS) is 26.0. The van der Waals surface area contributed by atoms with Gasteiger partial charge in [0.05, 0.1) is 6.04 Å². The molecule has 1 aromatic rings. The van der Waals surface area contributed by atoms with E-state index in [1.54, 1.807) is 12.4 Å². The van der Waals surface area contributed by atoms with Crippen LogP contribution in [-0.4, -0.2) is 28.4 Å². The molecule has 1 aromatic heterocycles. The fraction of sp³-hybridized carbons (Fsp3) is 0.455. The summed E-state index contributed by atoms with van der Waals surface area (Å²) >= 11 is 0. The Hall–Kier alpha value is -1.42. The molecule has 1 amide bonds. The largest absolute Gasteiger partial charge is 0.334 e. The van der Waals surface area contributed by atoms with Gasteiger partial charge >= 0.3 is 0 Å². The van der Waals surface area contributed by atoms with E-state index in [0.29, 0.717) is 13.0 Å². The van der Waals surface area contributed by atoms with Crippen molar-refractivity contribution in [2.75, 3.05) is 6.54 Å². The molecule has 0 bridgehead atoms. The monoisotopic (exact) mass is 205 g/mol. The Kier molecular flexibility index (Phi) is 2.68. The lowest BCUT2D eigenvalue weighted by Crippen LogP contribution is -2.32. The molecule has 2 heterocycles. The van der Waals surface area contributed by atoms with E-state index in [9.17, 15) is 4.79 Å². The van der Waals surface area contributed by atoms with Gasteiger partial charge in [0.25, 0.3) is 0 Å². The molecule has 1 fully saturated rings. The summed E-state index contributed by atoms with van der Waals surface area (Å²) < 4.78 is 0. The fourth-order valence-electron chi connectivity index (χ4n) is 2.17. The number of aromatic nitrogens is 1. The van der Waals surface area contributed by atoms with Gasteiger partial charge in [-0.25, -0.2) is 0 Å². The Balaban J connectivity index is 2.31. The van der Waals surface area contributed by atoms with Gasteiger partial charge < -0.3 is 10.6 Å². The van der Waals surface area contributed by atoms with E-state index < -0.39 is 0 Å². The van der Waals surface area contributed by atoms with Gasteiger partial charge in [-0.05, 0) is 18.6 Å². The molecule has 0 aromatic carbocycles. The third-order valence-electron chi connectivity index (χ3n) is 2.84. The number of hydrogen-bond donors (Lipinski definition) is 1. The van der Waals surface area contributed by atoms with Crippen molar-refractivity contribution in [1.29, 1.82) is 0 Å². The summed E-state index contributed by atoms with van der Waals surface area (Å²) in [6, 6.07) is 3.73. The van der Waals surface area contributed by atoms with E-state index in [4.69, 9.17) is 5.73 Å². The van der Waals surface area contributed by atoms with Crippen LogP contribution in [0.2, 0.25) is 0 Å².